The van der Waals surface area contributed by atoms with E-state index in [0.717, 1.165) is 5.56 Å². The van der Waals surface area contributed by atoms with Gasteiger partial charge in [0, 0.05) is 23.7 Å². The molecule has 0 bridgehead atoms. The molecular formula is C19H20F2N2OS. The van der Waals surface area contributed by atoms with Crippen LogP contribution in [0.5, 0.6) is 0 Å². The van der Waals surface area contributed by atoms with Crippen LogP contribution in [-0.4, -0.2) is 29.7 Å². The molecule has 0 aliphatic rings. The fourth-order valence-electron chi connectivity index (χ4n) is 2.33. The molecule has 2 aromatic carbocycles. The highest BCUT2D eigenvalue weighted by Gasteiger charge is 2.11. The third kappa shape index (κ3) is 7.07. The van der Waals surface area contributed by atoms with Gasteiger partial charge >= 0.3 is 0 Å². The molecule has 25 heavy (non-hydrogen) atoms. The van der Waals surface area contributed by atoms with Crippen LogP contribution in [0.2, 0.25) is 0 Å². The van der Waals surface area contributed by atoms with Crippen molar-refractivity contribution in [1.82, 2.24) is 4.90 Å². The molecule has 0 atom stereocenters. The number of thioether (sulfide) groups is 1. The van der Waals surface area contributed by atoms with Gasteiger partial charge in [0.05, 0.1) is 6.54 Å². The Morgan fingerprint density at radius 3 is 2.44 bits per heavy atom. The topological polar surface area (TPSA) is 32.3 Å². The third-order valence-corrected chi connectivity index (χ3v) is 4.09. The van der Waals surface area contributed by atoms with Crippen molar-refractivity contribution < 1.29 is 13.6 Å². The predicted octanol–water partition coefficient (Wildman–Crippen LogP) is 4.63. The number of carbonyl (C=O) groups excluding carboxylic acids is 1. The molecule has 2 rings (SSSR count). The number of nitrogens with one attached hydrogen (secondary N) is 1. The fourth-order valence-corrected chi connectivity index (χ4v) is 2.83. The van der Waals surface area contributed by atoms with E-state index in [0.29, 0.717) is 35.4 Å². The second-order valence-electron chi connectivity index (χ2n) is 5.39. The summed E-state index contributed by atoms with van der Waals surface area (Å²) < 4.78 is 24.6. The number of hydrogen-bond acceptors (Lipinski definition) is 3. The SMILES string of the molecule is C=CCN(CC(=O)Nc1ccc(SC(F)F)cc1)Cc1ccccc1. The van der Waals surface area contributed by atoms with Crippen LogP contribution < -0.4 is 5.32 Å². The molecule has 0 heterocycles. The first-order chi connectivity index (χ1) is 12.1. The summed E-state index contributed by atoms with van der Waals surface area (Å²) in [6, 6.07) is 16.3. The maximum absolute atomic E-state index is 12.3. The van der Waals surface area contributed by atoms with Gasteiger partial charge in [-0.05, 0) is 29.8 Å². The lowest BCUT2D eigenvalue weighted by Gasteiger charge is -2.20. The van der Waals surface area contributed by atoms with Crippen molar-refractivity contribution in [3.63, 3.8) is 0 Å². The summed E-state index contributed by atoms with van der Waals surface area (Å²) in [6.07, 6.45) is 1.76. The van der Waals surface area contributed by atoms with E-state index in [9.17, 15) is 13.6 Å². The van der Waals surface area contributed by atoms with Gasteiger partial charge in [-0.3, -0.25) is 9.69 Å². The minimum absolute atomic E-state index is 0.160. The van der Waals surface area contributed by atoms with Crippen molar-refractivity contribution in [1.29, 1.82) is 0 Å². The first-order valence-electron chi connectivity index (χ1n) is 7.78. The highest BCUT2D eigenvalue weighted by Crippen LogP contribution is 2.26. The molecule has 0 radical (unpaired) electrons. The Labute approximate surface area is 150 Å². The monoisotopic (exact) mass is 362 g/mol. The van der Waals surface area contributed by atoms with Gasteiger partial charge in [0.15, 0.2) is 0 Å². The smallest absolute Gasteiger partial charge is 0.288 e. The number of hydrogen-bond donors (Lipinski definition) is 1. The quantitative estimate of drug-likeness (QED) is 0.521. The maximum Gasteiger partial charge on any atom is 0.288 e. The van der Waals surface area contributed by atoms with Crippen LogP contribution in [0.15, 0.2) is 72.1 Å². The van der Waals surface area contributed by atoms with E-state index in [4.69, 9.17) is 0 Å². The zero-order valence-electron chi connectivity index (χ0n) is 13.7. The standard InChI is InChI=1S/C19H20F2N2OS/c1-2-12-23(13-15-6-4-3-5-7-15)14-18(24)22-16-8-10-17(11-9-16)25-19(20)21/h2-11,19H,1,12-14H2,(H,22,24). The molecule has 1 N–H and O–H groups in total. The molecule has 132 valence electrons. The largest absolute Gasteiger partial charge is 0.325 e. The van der Waals surface area contributed by atoms with E-state index >= 15 is 0 Å². The Balaban J connectivity index is 1.91. The molecule has 0 aromatic heterocycles. The first kappa shape index (κ1) is 19.1. The van der Waals surface area contributed by atoms with Gasteiger partial charge in [0.2, 0.25) is 5.91 Å². The van der Waals surface area contributed by atoms with Crippen LogP contribution in [0.4, 0.5) is 14.5 Å². The summed E-state index contributed by atoms with van der Waals surface area (Å²) in [5.74, 6) is -2.61. The Kier molecular flexibility index (Phi) is 7.63. The normalized spacial score (nSPS) is 10.9. The average Bonchev–Trinajstić information content (AvgIpc) is 2.57. The van der Waals surface area contributed by atoms with Crippen LogP contribution >= 0.6 is 11.8 Å². The molecule has 0 fully saturated rings. The Hall–Kier alpha value is -2.18. The van der Waals surface area contributed by atoms with Crippen LogP contribution in [-0.2, 0) is 11.3 Å². The van der Waals surface area contributed by atoms with E-state index in [2.05, 4.69) is 11.9 Å². The lowest BCUT2D eigenvalue weighted by atomic mass is 10.2. The van der Waals surface area contributed by atoms with Gasteiger partial charge in [0.1, 0.15) is 0 Å². The van der Waals surface area contributed by atoms with E-state index in [1.165, 1.54) is 0 Å². The average molecular weight is 362 g/mol. The summed E-state index contributed by atoms with van der Waals surface area (Å²) in [7, 11) is 0. The van der Waals surface area contributed by atoms with Crippen LogP contribution in [0.3, 0.4) is 0 Å². The molecule has 0 unspecified atom stereocenters. The molecule has 0 spiro atoms. The van der Waals surface area contributed by atoms with E-state index < -0.39 is 5.76 Å². The Morgan fingerprint density at radius 1 is 1.16 bits per heavy atom. The molecule has 2 aromatic rings. The molecule has 1 amide bonds. The zero-order chi connectivity index (χ0) is 18.1. The van der Waals surface area contributed by atoms with Crippen molar-refractivity contribution in [3.05, 3.63) is 72.8 Å². The summed E-state index contributed by atoms with van der Waals surface area (Å²) >= 11 is 0.479. The van der Waals surface area contributed by atoms with Gasteiger partial charge in [0.25, 0.3) is 5.76 Å². The summed E-state index contributed by atoms with van der Waals surface area (Å²) in [5.41, 5.74) is 1.70. The van der Waals surface area contributed by atoms with E-state index in [1.54, 1.807) is 30.3 Å². The minimum Gasteiger partial charge on any atom is -0.325 e. The molecule has 6 heteroatoms. The Bertz CT molecular complexity index is 678. The maximum atomic E-state index is 12.3. The third-order valence-electron chi connectivity index (χ3n) is 3.37. The lowest BCUT2D eigenvalue weighted by Crippen LogP contribution is -2.33. The van der Waals surface area contributed by atoms with E-state index in [-0.39, 0.29) is 12.5 Å². The second-order valence-corrected chi connectivity index (χ2v) is 6.46. The number of halogens is 2. The highest BCUT2D eigenvalue weighted by molar-refractivity contribution is 7.99. The van der Waals surface area contributed by atoms with Gasteiger partial charge in [-0.2, -0.15) is 8.78 Å². The van der Waals surface area contributed by atoms with Crippen molar-refractivity contribution >= 4 is 23.4 Å². The number of nitrogens with zero attached hydrogens (tertiary/aromatic N) is 1. The zero-order valence-corrected chi connectivity index (χ0v) is 14.5. The number of carbonyl (C=O) groups is 1. The molecule has 0 saturated carbocycles. The van der Waals surface area contributed by atoms with Crippen LogP contribution in [0.25, 0.3) is 0 Å². The van der Waals surface area contributed by atoms with Crippen molar-refractivity contribution in [2.24, 2.45) is 0 Å². The van der Waals surface area contributed by atoms with Crippen LogP contribution in [0, 0.1) is 0 Å². The summed E-state index contributed by atoms with van der Waals surface area (Å²) in [4.78, 5) is 14.7. The predicted molar refractivity (Wildman–Crippen MR) is 98.8 cm³/mol. The van der Waals surface area contributed by atoms with E-state index in [1.807, 2.05) is 35.2 Å². The lowest BCUT2D eigenvalue weighted by molar-refractivity contribution is -0.117. The molecular weight excluding hydrogens is 342 g/mol. The molecule has 3 nitrogen and oxygen atoms in total. The van der Waals surface area contributed by atoms with Crippen LogP contribution in [0.1, 0.15) is 5.56 Å². The number of rotatable bonds is 9. The number of benzene rings is 2. The summed E-state index contributed by atoms with van der Waals surface area (Å²) in [5, 5.41) is 2.79. The summed E-state index contributed by atoms with van der Waals surface area (Å²) in [6.45, 7) is 5.18. The van der Waals surface area contributed by atoms with Gasteiger partial charge < -0.3 is 5.32 Å². The van der Waals surface area contributed by atoms with Gasteiger partial charge in [-0.25, -0.2) is 0 Å². The molecule has 0 aliphatic heterocycles. The van der Waals surface area contributed by atoms with Crippen molar-refractivity contribution in [3.8, 4) is 0 Å². The van der Waals surface area contributed by atoms with Gasteiger partial charge in [-0.15, -0.1) is 6.58 Å². The Morgan fingerprint density at radius 2 is 1.84 bits per heavy atom. The van der Waals surface area contributed by atoms with Crippen molar-refractivity contribution in [2.75, 3.05) is 18.4 Å². The second kappa shape index (κ2) is 9.96. The molecule has 0 saturated heterocycles. The number of alkyl halides is 2. The van der Waals surface area contributed by atoms with Crippen molar-refractivity contribution in [2.45, 2.75) is 17.2 Å². The first-order valence-corrected chi connectivity index (χ1v) is 8.66. The molecule has 0 aliphatic carbocycles. The fraction of sp³-hybridized carbons (Fsp3) is 0.211. The minimum atomic E-state index is -2.45. The number of anilines is 1. The van der Waals surface area contributed by atoms with Gasteiger partial charge in [-0.1, -0.05) is 48.2 Å². The highest BCUT2D eigenvalue weighted by atomic mass is 32.2. The number of amides is 1.